The van der Waals surface area contributed by atoms with E-state index in [2.05, 4.69) is 24.4 Å². The minimum absolute atomic E-state index is 0.127. The van der Waals surface area contributed by atoms with Crippen LogP contribution in [-0.2, 0) is 4.79 Å². The quantitative estimate of drug-likeness (QED) is 0.805. The average Bonchev–Trinajstić information content (AvgIpc) is 2.92. The van der Waals surface area contributed by atoms with Gasteiger partial charge in [-0.05, 0) is 48.9 Å². The molecule has 0 saturated heterocycles. The second kappa shape index (κ2) is 4.13. The first kappa shape index (κ1) is 11.8. The van der Waals surface area contributed by atoms with Gasteiger partial charge in [0.1, 0.15) is 0 Å². The maximum Gasteiger partial charge on any atom is 0.230 e. The van der Waals surface area contributed by atoms with E-state index in [0.717, 1.165) is 18.5 Å². The Morgan fingerprint density at radius 1 is 1.33 bits per heavy atom. The van der Waals surface area contributed by atoms with Crippen molar-refractivity contribution in [1.82, 2.24) is 0 Å². The van der Waals surface area contributed by atoms with E-state index in [1.165, 1.54) is 0 Å². The molecule has 0 radical (unpaired) electrons. The third-order valence-electron chi connectivity index (χ3n) is 4.30. The van der Waals surface area contributed by atoms with Crippen LogP contribution in [0.2, 0.25) is 5.02 Å². The van der Waals surface area contributed by atoms with E-state index in [1.807, 2.05) is 12.1 Å². The van der Waals surface area contributed by atoms with Crippen molar-refractivity contribution in [3.05, 3.63) is 41.4 Å². The van der Waals surface area contributed by atoms with Gasteiger partial charge < -0.3 is 5.32 Å². The predicted molar refractivity (Wildman–Crippen MR) is 73.5 cm³/mol. The van der Waals surface area contributed by atoms with Crippen molar-refractivity contribution in [3.63, 3.8) is 0 Å². The molecule has 2 aliphatic rings. The molecular weight excluding hydrogens is 246 g/mol. The lowest BCUT2D eigenvalue weighted by molar-refractivity contribution is -0.126. The Bertz CT molecular complexity index is 508. The number of anilines is 1. The highest BCUT2D eigenvalue weighted by Gasteiger charge is 2.49. The van der Waals surface area contributed by atoms with Crippen molar-refractivity contribution in [2.75, 3.05) is 5.32 Å². The molecule has 2 aliphatic carbocycles. The highest BCUT2D eigenvalue weighted by atomic mass is 35.5. The zero-order valence-electron chi connectivity index (χ0n) is 10.3. The number of fused-ring (bicyclic) bond motifs is 2. The van der Waals surface area contributed by atoms with Crippen LogP contribution in [0.1, 0.15) is 19.8 Å². The van der Waals surface area contributed by atoms with E-state index in [-0.39, 0.29) is 11.3 Å². The van der Waals surface area contributed by atoms with E-state index < -0.39 is 0 Å². The van der Waals surface area contributed by atoms with E-state index in [9.17, 15) is 4.79 Å². The lowest BCUT2D eigenvalue weighted by Gasteiger charge is -2.29. The molecule has 1 aromatic carbocycles. The number of carbonyl (C=O) groups is 1. The first-order chi connectivity index (χ1) is 8.58. The Morgan fingerprint density at radius 2 is 2.06 bits per heavy atom. The van der Waals surface area contributed by atoms with Gasteiger partial charge in [-0.2, -0.15) is 0 Å². The monoisotopic (exact) mass is 261 g/mol. The molecule has 2 bridgehead atoms. The fourth-order valence-electron chi connectivity index (χ4n) is 3.16. The molecule has 1 N–H and O–H groups in total. The second-order valence-corrected chi connectivity index (χ2v) is 6.01. The lowest BCUT2D eigenvalue weighted by Crippen LogP contribution is -2.36. The topological polar surface area (TPSA) is 29.1 Å². The molecule has 3 rings (SSSR count). The number of halogens is 1. The Hall–Kier alpha value is -1.28. The average molecular weight is 262 g/mol. The van der Waals surface area contributed by atoms with Gasteiger partial charge in [0, 0.05) is 10.7 Å². The summed E-state index contributed by atoms with van der Waals surface area (Å²) in [7, 11) is 0. The first-order valence-electron chi connectivity index (χ1n) is 6.33. The minimum Gasteiger partial charge on any atom is -0.326 e. The Balaban J connectivity index is 1.76. The number of allylic oxidation sites excluding steroid dienone is 2. The van der Waals surface area contributed by atoms with Crippen LogP contribution in [-0.4, -0.2) is 5.91 Å². The molecule has 3 atom stereocenters. The molecule has 0 unspecified atom stereocenters. The van der Waals surface area contributed by atoms with E-state index in [0.29, 0.717) is 16.9 Å². The molecule has 94 valence electrons. The molecule has 0 aliphatic heterocycles. The van der Waals surface area contributed by atoms with Crippen LogP contribution in [0.4, 0.5) is 5.69 Å². The number of hydrogen-bond donors (Lipinski definition) is 1. The van der Waals surface area contributed by atoms with Crippen LogP contribution >= 0.6 is 11.6 Å². The van der Waals surface area contributed by atoms with E-state index in [4.69, 9.17) is 11.6 Å². The van der Waals surface area contributed by atoms with Crippen molar-refractivity contribution in [2.45, 2.75) is 19.8 Å². The third-order valence-corrected chi connectivity index (χ3v) is 4.55. The normalized spacial score (nSPS) is 32.8. The van der Waals surface area contributed by atoms with Gasteiger partial charge in [-0.3, -0.25) is 4.79 Å². The molecular formula is C15H16ClNO. The summed E-state index contributed by atoms with van der Waals surface area (Å²) in [5.41, 5.74) is 0.566. The zero-order chi connectivity index (χ0) is 12.8. The number of rotatable bonds is 2. The van der Waals surface area contributed by atoms with Gasteiger partial charge >= 0.3 is 0 Å². The number of nitrogens with one attached hydrogen (secondary N) is 1. The number of carbonyl (C=O) groups excluding carboxylic acids is 1. The summed E-state index contributed by atoms with van der Waals surface area (Å²) in [6, 6.07) is 7.26. The highest BCUT2D eigenvalue weighted by Crippen LogP contribution is 2.52. The Kier molecular flexibility index (Phi) is 2.70. The molecule has 0 aromatic heterocycles. The van der Waals surface area contributed by atoms with Crippen molar-refractivity contribution in [2.24, 2.45) is 17.3 Å². The van der Waals surface area contributed by atoms with Gasteiger partial charge in [0.15, 0.2) is 0 Å². The Morgan fingerprint density at radius 3 is 2.61 bits per heavy atom. The predicted octanol–water partition coefficient (Wildman–Crippen LogP) is 3.88. The SMILES string of the molecule is C[C@@]1(C(=O)Nc2ccc(Cl)cc2)C[C@@H]2C=C[C@H]1C2. The molecule has 0 heterocycles. The molecule has 1 aromatic rings. The van der Waals surface area contributed by atoms with Crippen LogP contribution in [0.5, 0.6) is 0 Å². The third kappa shape index (κ3) is 1.85. The fraction of sp³-hybridized carbons (Fsp3) is 0.400. The number of hydrogen-bond acceptors (Lipinski definition) is 1. The summed E-state index contributed by atoms with van der Waals surface area (Å²) in [6.45, 7) is 2.08. The standard InChI is InChI=1S/C15H16ClNO/c1-15(9-10-2-3-11(15)8-10)14(18)17-13-6-4-12(16)5-7-13/h2-7,10-11H,8-9H2,1H3,(H,17,18)/t10-,11+,15-/m1/s1. The van der Waals surface area contributed by atoms with Crippen molar-refractivity contribution in [1.29, 1.82) is 0 Å². The van der Waals surface area contributed by atoms with Crippen LogP contribution in [0.15, 0.2) is 36.4 Å². The fourth-order valence-corrected chi connectivity index (χ4v) is 3.29. The van der Waals surface area contributed by atoms with Gasteiger partial charge in [0.05, 0.1) is 5.41 Å². The van der Waals surface area contributed by atoms with Gasteiger partial charge in [0.2, 0.25) is 5.91 Å². The number of benzene rings is 1. The molecule has 1 fully saturated rings. The van der Waals surface area contributed by atoms with Crippen molar-refractivity contribution in [3.8, 4) is 0 Å². The van der Waals surface area contributed by atoms with Gasteiger partial charge in [-0.15, -0.1) is 0 Å². The maximum atomic E-state index is 12.4. The zero-order valence-corrected chi connectivity index (χ0v) is 11.1. The summed E-state index contributed by atoms with van der Waals surface area (Å²) in [5.74, 6) is 1.12. The summed E-state index contributed by atoms with van der Waals surface area (Å²) >= 11 is 5.83. The maximum absolute atomic E-state index is 12.4. The van der Waals surface area contributed by atoms with Crippen molar-refractivity contribution >= 4 is 23.2 Å². The van der Waals surface area contributed by atoms with Crippen LogP contribution in [0.25, 0.3) is 0 Å². The van der Waals surface area contributed by atoms with Gasteiger partial charge in [-0.1, -0.05) is 30.7 Å². The molecule has 18 heavy (non-hydrogen) atoms. The van der Waals surface area contributed by atoms with E-state index >= 15 is 0 Å². The summed E-state index contributed by atoms with van der Waals surface area (Å²) < 4.78 is 0. The molecule has 1 amide bonds. The van der Waals surface area contributed by atoms with Crippen LogP contribution < -0.4 is 5.32 Å². The molecule has 3 heteroatoms. The largest absolute Gasteiger partial charge is 0.326 e. The van der Waals surface area contributed by atoms with Crippen LogP contribution in [0.3, 0.4) is 0 Å². The van der Waals surface area contributed by atoms with Crippen molar-refractivity contribution < 1.29 is 4.79 Å². The second-order valence-electron chi connectivity index (χ2n) is 5.57. The van der Waals surface area contributed by atoms with Crippen LogP contribution in [0, 0.1) is 17.3 Å². The minimum atomic E-state index is -0.251. The first-order valence-corrected chi connectivity index (χ1v) is 6.71. The molecule has 0 spiro atoms. The lowest BCUT2D eigenvalue weighted by atomic mass is 9.77. The molecule has 1 saturated carbocycles. The van der Waals surface area contributed by atoms with E-state index in [1.54, 1.807) is 12.1 Å². The summed E-state index contributed by atoms with van der Waals surface area (Å²) in [6.07, 6.45) is 6.55. The molecule has 2 nitrogen and oxygen atoms in total. The smallest absolute Gasteiger partial charge is 0.230 e. The summed E-state index contributed by atoms with van der Waals surface area (Å²) in [5, 5.41) is 3.69. The highest BCUT2D eigenvalue weighted by molar-refractivity contribution is 6.30. The van der Waals surface area contributed by atoms with Gasteiger partial charge in [-0.25, -0.2) is 0 Å². The van der Waals surface area contributed by atoms with Gasteiger partial charge in [0.25, 0.3) is 0 Å². The Labute approximate surface area is 112 Å². The summed E-state index contributed by atoms with van der Waals surface area (Å²) in [4.78, 5) is 12.4. The number of amides is 1.